The maximum Gasteiger partial charge on any atom is 0.101 e. The fourth-order valence-electron chi connectivity index (χ4n) is 2.49. The maximum absolute atomic E-state index is 9.87. The van der Waals surface area contributed by atoms with Gasteiger partial charge < -0.3 is 14.8 Å². The van der Waals surface area contributed by atoms with E-state index in [4.69, 9.17) is 0 Å². The van der Waals surface area contributed by atoms with Crippen LogP contribution in [0.25, 0.3) is 10.9 Å². The zero-order valence-corrected chi connectivity index (χ0v) is 15.3. The van der Waals surface area contributed by atoms with Gasteiger partial charge in [0, 0.05) is 18.0 Å². The molecule has 3 rings (SSSR count). The van der Waals surface area contributed by atoms with E-state index in [1.54, 1.807) is 31.4 Å². The molecule has 0 fully saturated rings. The summed E-state index contributed by atoms with van der Waals surface area (Å²) in [6.45, 7) is 5.56. The minimum atomic E-state index is -0.756. The van der Waals surface area contributed by atoms with Gasteiger partial charge in [0.25, 0.3) is 0 Å². The quantitative estimate of drug-likeness (QED) is 0.594. The van der Waals surface area contributed by atoms with Crippen LogP contribution < -0.4 is 4.72 Å². The van der Waals surface area contributed by atoms with Crippen LogP contribution in [0.15, 0.2) is 28.7 Å². The van der Waals surface area contributed by atoms with E-state index in [2.05, 4.69) is 20.8 Å². The number of aromatic amines is 1. The molecule has 124 valence electrons. The number of anilines is 1. The minimum Gasteiger partial charge on any atom is -0.390 e. The Kier molecular flexibility index (Phi) is 4.54. The lowest BCUT2D eigenvalue weighted by Crippen LogP contribution is -2.21. The van der Waals surface area contributed by atoms with Gasteiger partial charge in [-0.05, 0) is 44.3 Å². The Bertz CT molecular complexity index is 915. The van der Waals surface area contributed by atoms with Crippen molar-refractivity contribution in [3.8, 4) is 6.07 Å². The lowest BCUT2D eigenvalue weighted by atomic mass is 10.1. The first kappa shape index (κ1) is 16.8. The van der Waals surface area contributed by atoms with Crippen molar-refractivity contribution in [3.05, 3.63) is 40.7 Å². The third-order valence-corrected chi connectivity index (χ3v) is 5.46. The van der Waals surface area contributed by atoms with Crippen LogP contribution in [0, 0.1) is 18.3 Å². The van der Waals surface area contributed by atoms with Crippen LogP contribution in [0.4, 0.5) is 5.69 Å². The summed E-state index contributed by atoms with van der Waals surface area (Å²) in [5.41, 5.74) is 2.83. The van der Waals surface area contributed by atoms with Crippen molar-refractivity contribution in [2.24, 2.45) is 0 Å². The molecule has 0 spiro atoms. The largest absolute Gasteiger partial charge is 0.390 e. The normalized spacial score (nSPS) is 11.6. The topological polar surface area (TPSA) is 84.7 Å². The minimum absolute atomic E-state index is 0.537. The predicted molar refractivity (Wildman–Crippen MR) is 99.3 cm³/mol. The van der Waals surface area contributed by atoms with Crippen LogP contribution in [0.1, 0.15) is 30.0 Å². The molecule has 3 N–H and O–H groups in total. The number of nitrogens with one attached hydrogen (secondary N) is 2. The standard InChI is InChI=1S/C17H18N4OS2/c1-10-4-5-12(16-15(10)11(7-18)8-20-16)21-24-14-9-19-13(23-14)6-17(2,3)22/h4-5,8-9,20-22H,6H2,1-3H3. The summed E-state index contributed by atoms with van der Waals surface area (Å²) >= 11 is 3.04. The lowest BCUT2D eigenvalue weighted by molar-refractivity contribution is 0.0809. The third-order valence-electron chi connectivity index (χ3n) is 3.54. The molecule has 0 atom stereocenters. The highest BCUT2D eigenvalue weighted by Gasteiger charge is 2.16. The second kappa shape index (κ2) is 6.48. The second-order valence-electron chi connectivity index (χ2n) is 6.26. The number of rotatable bonds is 5. The molecule has 0 bridgehead atoms. The van der Waals surface area contributed by atoms with Gasteiger partial charge in [0.2, 0.25) is 0 Å². The molecule has 24 heavy (non-hydrogen) atoms. The van der Waals surface area contributed by atoms with Gasteiger partial charge in [-0.2, -0.15) is 5.26 Å². The van der Waals surface area contributed by atoms with E-state index < -0.39 is 5.60 Å². The van der Waals surface area contributed by atoms with Crippen LogP contribution in [-0.2, 0) is 6.42 Å². The van der Waals surface area contributed by atoms with Crippen LogP contribution in [-0.4, -0.2) is 20.7 Å². The van der Waals surface area contributed by atoms with Crippen LogP contribution in [0.5, 0.6) is 0 Å². The highest BCUT2D eigenvalue weighted by atomic mass is 32.2. The van der Waals surface area contributed by atoms with Crippen molar-refractivity contribution >= 4 is 39.9 Å². The van der Waals surface area contributed by atoms with E-state index in [1.807, 2.05) is 25.3 Å². The van der Waals surface area contributed by atoms with E-state index in [1.165, 1.54) is 11.9 Å². The number of aliphatic hydroxyl groups is 1. The van der Waals surface area contributed by atoms with Gasteiger partial charge in [-0.15, -0.1) is 11.3 Å². The number of benzene rings is 1. The summed E-state index contributed by atoms with van der Waals surface area (Å²) in [4.78, 5) is 7.53. The third kappa shape index (κ3) is 3.56. The Morgan fingerprint density at radius 2 is 2.25 bits per heavy atom. The number of nitrogens with zero attached hydrogens (tertiary/aromatic N) is 2. The number of aryl methyl sites for hydroxylation is 1. The molecule has 1 aromatic carbocycles. The van der Waals surface area contributed by atoms with Crippen molar-refractivity contribution in [3.63, 3.8) is 0 Å². The number of thiazole rings is 1. The van der Waals surface area contributed by atoms with Crippen molar-refractivity contribution in [1.29, 1.82) is 5.26 Å². The maximum atomic E-state index is 9.87. The van der Waals surface area contributed by atoms with Crippen molar-refractivity contribution in [2.75, 3.05) is 4.72 Å². The number of fused-ring (bicyclic) bond motifs is 1. The van der Waals surface area contributed by atoms with Crippen molar-refractivity contribution < 1.29 is 5.11 Å². The zero-order valence-electron chi connectivity index (χ0n) is 13.7. The molecule has 0 saturated carbocycles. The molecule has 0 radical (unpaired) electrons. The molecular formula is C17H18N4OS2. The van der Waals surface area contributed by atoms with E-state index in [-0.39, 0.29) is 0 Å². The Morgan fingerprint density at radius 3 is 2.96 bits per heavy atom. The molecular weight excluding hydrogens is 340 g/mol. The van der Waals surface area contributed by atoms with Gasteiger partial charge in [0.15, 0.2) is 0 Å². The summed E-state index contributed by atoms with van der Waals surface area (Å²) in [6, 6.07) is 6.23. The van der Waals surface area contributed by atoms with Gasteiger partial charge in [-0.1, -0.05) is 6.07 Å². The highest BCUT2D eigenvalue weighted by Crippen LogP contribution is 2.33. The number of aromatic nitrogens is 2. The summed E-state index contributed by atoms with van der Waals surface area (Å²) in [6.07, 6.45) is 4.08. The average molecular weight is 358 g/mol. The Labute approximate surface area is 148 Å². The Balaban J connectivity index is 1.78. The fraction of sp³-hybridized carbons (Fsp3) is 0.294. The van der Waals surface area contributed by atoms with E-state index >= 15 is 0 Å². The van der Waals surface area contributed by atoms with Gasteiger partial charge in [0.05, 0.1) is 33.6 Å². The first-order valence-electron chi connectivity index (χ1n) is 7.48. The predicted octanol–water partition coefficient (Wildman–Crippen LogP) is 4.24. The molecule has 2 heterocycles. The molecule has 5 nitrogen and oxygen atoms in total. The fourth-order valence-corrected chi connectivity index (χ4v) is 4.43. The molecule has 0 unspecified atom stereocenters. The number of nitriles is 1. The Morgan fingerprint density at radius 1 is 1.46 bits per heavy atom. The number of hydrogen-bond acceptors (Lipinski definition) is 6. The van der Waals surface area contributed by atoms with E-state index in [9.17, 15) is 10.4 Å². The SMILES string of the molecule is Cc1ccc(NSc2cnc(CC(C)(C)O)s2)c2[nH]cc(C#N)c12. The van der Waals surface area contributed by atoms with Crippen molar-refractivity contribution in [2.45, 2.75) is 37.0 Å². The smallest absolute Gasteiger partial charge is 0.101 e. The first-order chi connectivity index (χ1) is 11.4. The molecule has 0 aliphatic carbocycles. The highest BCUT2D eigenvalue weighted by molar-refractivity contribution is 8.02. The summed E-state index contributed by atoms with van der Waals surface area (Å²) < 4.78 is 4.35. The summed E-state index contributed by atoms with van der Waals surface area (Å²) in [7, 11) is 0. The Hall–Kier alpha value is -2.01. The summed E-state index contributed by atoms with van der Waals surface area (Å²) in [5.74, 6) is 0. The van der Waals surface area contributed by atoms with E-state index in [0.717, 1.165) is 31.4 Å². The molecule has 0 aliphatic heterocycles. The number of hydrogen-bond donors (Lipinski definition) is 3. The summed E-state index contributed by atoms with van der Waals surface area (Å²) in [5, 5.41) is 21.0. The van der Waals surface area contributed by atoms with Crippen LogP contribution >= 0.6 is 23.3 Å². The molecule has 0 amide bonds. The number of H-pyrrole nitrogens is 1. The van der Waals surface area contributed by atoms with Crippen molar-refractivity contribution in [1.82, 2.24) is 9.97 Å². The van der Waals surface area contributed by atoms with E-state index in [0.29, 0.717) is 12.0 Å². The first-order valence-corrected chi connectivity index (χ1v) is 9.11. The van der Waals surface area contributed by atoms with Gasteiger partial charge in [-0.3, -0.25) is 0 Å². The molecule has 7 heteroatoms. The molecule has 0 saturated heterocycles. The second-order valence-corrected chi connectivity index (χ2v) is 8.48. The average Bonchev–Trinajstić information content (AvgIpc) is 3.12. The van der Waals surface area contributed by atoms with Crippen LogP contribution in [0.2, 0.25) is 0 Å². The van der Waals surface area contributed by atoms with Gasteiger partial charge in [0.1, 0.15) is 10.3 Å². The van der Waals surface area contributed by atoms with Crippen LogP contribution in [0.3, 0.4) is 0 Å². The molecule has 0 aliphatic rings. The van der Waals surface area contributed by atoms with Gasteiger partial charge >= 0.3 is 0 Å². The monoisotopic (exact) mass is 358 g/mol. The molecule has 2 aromatic heterocycles. The molecule has 3 aromatic rings. The van der Waals surface area contributed by atoms with Gasteiger partial charge in [-0.25, -0.2) is 4.98 Å². The zero-order chi connectivity index (χ0) is 17.3. The lowest BCUT2D eigenvalue weighted by Gasteiger charge is -2.14.